The quantitative estimate of drug-likeness (QED) is 0.494. The molecular formula is C25H29ClFN3O3. The number of ether oxygens (including phenoxy) is 2. The minimum Gasteiger partial charge on any atom is -0.492 e. The monoisotopic (exact) mass is 473 g/mol. The molecule has 0 saturated carbocycles. The highest BCUT2D eigenvalue weighted by Crippen LogP contribution is 2.26. The first-order valence-corrected chi connectivity index (χ1v) is 11.6. The summed E-state index contributed by atoms with van der Waals surface area (Å²) in [6, 6.07) is 14.4. The molecule has 3 aromatic rings. The van der Waals surface area contributed by atoms with E-state index in [0.717, 1.165) is 31.8 Å². The van der Waals surface area contributed by atoms with Gasteiger partial charge in [0.1, 0.15) is 19.0 Å². The van der Waals surface area contributed by atoms with Gasteiger partial charge in [-0.05, 0) is 55.6 Å². The Bertz CT molecular complexity index is 1030. The van der Waals surface area contributed by atoms with Crippen molar-refractivity contribution in [3.05, 3.63) is 77.3 Å². The van der Waals surface area contributed by atoms with Crippen molar-refractivity contribution in [1.82, 2.24) is 14.7 Å². The summed E-state index contributed by atoms with van der Waals surface area (Å²) in [4.78, 5) is 2.33. The van der Waals surface area contributed by atoms with Gasteiger partial charge in [-0.15, -0.1) is 0 Å². The fraction of sp³-hybridized carbons (Fsp3) is 0.400. The van der Waals surface area contributed by atoms with Gasteiger partial charge in [0.2, 0.25) is 0 Å². The van der Waals surface area contributed by atoms with Crippen molar-refractivity contribution in [1.29, 1.82) is 0 Å². The van der Waals surface area contributed by atoms with Gasteiger partial charge in [0.15, 0.2) is 11.6 Å². The second-order valence-electron chi connectivity index (χ2n) is 8.49. The maximum absolute atomic E-state index is 13.8. The largest absolute Gasteiger partial charge is 0.492 e. The Kier molecular flexibility index (Phi) is 7.85. The lowest BCUT2D eigenvalue weighted by Gasteiger charge is -2.27. The minimum absolute atomic E-state index is 0.0958. The first-order valence-electron chi connectivity index (χ1n) is 11.2. The summed E-state index contributed by atoms with van der Waals surface area (Å²) >= 11 is 5.86. The molecule has 33 heavy (non-hydrogen) atoms. The number of likely N-dealkylation sites (tertiary alicyclic amines) is 1. The van der Waals surface area contributed by atoms with E-state index >= 15 is 0 Å². The fourth-order valence-electron chi connectivity index (χ4n) is 3.98. The smallest absolute Gasteiger partial charge is 0.165 e. The van der Waals surface area contributed by atoms with Crippen LogP contribution in [0.4, 0.5) is 4.39 Å². The highest BCUT2D eigenvalue weighted by molar-refractivity contribution is 6.30. The molecule has 1 saturated heterocycles. The van der Waals surface area contributed by atoms with Gasteiger partial charge in [-0.3, -0.25) is 9.58 Å². The van der Waals surface area contributed by atoms with Crippen molar-refractivity contribution in [3.63, 3.8) is 0 Å². The van der Waals surface area contributed by atoms with E-state index in [-0.39, 0.29) is 12.4 Å². The maximum Gasteiger partial charge on any atom is 0.165 e. The molecule has 176 valence electrons. The molecular weight excluding hydrogens is 445 g/mol. The first-order chi connectivity index (χ1) is 16.0. The van der Waals surface area contributed by atoms with Crippen molar-refractivity contribution in [2.75, 3.05) is 26.3 Å². The predicted octanol–water partition coefficient (Wildman–Crippen LogP) is 4.55. The second-order valence-corrected chi connectivity index (χ2v) is 8.92. The third-order valence-corrected chi connectivity index (χ3v) is 6.06. The van der Waals surface area contributed by atoms with Gasteiger partial charge in [0, 0.05) is 19.3 Å². The summed E-state index contributed by atoms with van der Waals surface area (Å²) in [6.45, 7) is 3.69. The van der Waals surface area contributed by atoms with Gasteiger partial charge < -0.3 is 14.6 Å². The average molecular weight is 474 g/mol. The van der Waals surface area contributed by atoms with Crippen LogP contribution in [0.1, 0.15) is 24.8 Å². The first kappa shape index (κ1) is 23.5. The van der Waals surface area contributed by atoms with E-state index in [0.29, 0.717) is 31.0 Å². The Labute approximate surface area is 198 Å². The topological polar surface area (TPSA) is 59.8 Å². The summed E-state index contributed by atoms with van der Waals surface area (Å²) in [5.41, 5.74) is 0.238. The van der Waals surface area contributed by atoms with Crippen LogP contribution in [0, 0.1) is 5.82 Å². The van der Waals surface area contributed by atoms with Crippen molar-refractivity contribution < 1.29 is 19.0 Å². The molecule has 2 heterocycles. The van der Waals surface area contributed by atoms with E-state index in [2.05, 4.69) is 22.1 Å². The number of benzene rings is 2. The molecule has 2 aromatic carbocycles. The Morgan fingerprint density at radius 2 is 1.88 bits per heavy atom. The normalized spacial score (nSPS) is 19.2. The van der Waals surface area contributed by atoms with E-state index in [9.17, 15) is 9.50 Å². The number of hydrogen-bond donors (Lipinski definition) is 1. The van der Waals surface area contributed by atoms with Crippen LogP contribution in [-0.2, 0) is 13.1 Å². The van der Waals surface area contributed by atoms with Gasteiger partial charge >= 0.3 is 0 Å². The molecule has 0 amide bonds. The molecule has 1 aliphatic rings. The van der Waals surface area contributed by atoms with Gasteiger partial charge in [-0.2, -0.15) is 5.10 Å². The van der Waals surface area contributed by atoms with E-state index in [1.165, 1.54) is 11.6 Å². The Morgan fingerprint density at radius 3 is 2.64 bits per heavy atom. The summed E-state index contributed by atoms with van der Waals surface area (Å²) in [5.74, 6) is 0.588. The number of aromatic nitrogens is 2. The average Bonchev–Trinajstić information content (AvgIpc) is 3.13. The highest BCUT2D eigenvalue weighted by atomic mass is 35.5. The molecule has 1 fully saturated rings. The molecule has 8 heteroatoms. The van der Waals surface area contributed by atoms with E-state index < -0.39 is 11.4 Å². The van der Waals surface area contributed by atoms with Gasteiger partial charge in [0.25, 0.3) is 0 Å². The van der Waals surface area contributed by atoms with Crippen molar-refractivity contribution in [2.45, 2.75) is 38.0 Å². The van der Waals surface area contributed by atoms with Crippen LogP contribution in [0.15, 0.2) is 60.9 Å². The SMILES string of the molecule is O[C@@]1(COc2ccccc2F)CCCN(Cc2ccc(OCCn3cc(Cl)cn3)cc2)CC1. The summed E-state index contributed by atoms with van der Waals surface area (Å²) in [6.07, 6.45) is 5.44. The maximum atomic E-state index is 13.8. The van der Waals surface area contributed by atoms with Crippen molar-refractivity contribution in [2.24, 2.45) is 0 Å². The van der Waals surface area contributed by atoms with E-state index in [1.54, 1.807) is 35.3 Å². The molecule has 0 radical (unpaired) electrons. The van der Waals surface area contributed by atoms with Gasteiger partial charge in [0.05, 0.1) is 23.4 Å². The number of para-hydroxylation sites is 1. The van der Waals surface area contributed by atoms with E-state index in [4.69, 9.17) is 21.1 Å². The van der Waals surface area contributed by atoms with Crippen LogP contribution in [0.3, 0.4) is 0 Å². The Hall–Kier alpha value is -2.61. The zero-order chi connectivity index (χ0) is 23.1. The molecule has 1 N–H and O–H groups in total. The van der Waals surface area contributed by atoms with Crippen LogP contribution in [0.5, 0.6) is 11.5 Å². The number of hydrogen-bond acceptors (Lipinski definition) is 5. The predicted molar refractivity (Wildman–Crippen MR) is 125 cm³/mol. The molecule has 6 nitrogen and oxygen atoms in total. The standard InChI is InChI=1S/C25H29ClFN3O3/c26-21-16-28-30(18-21)14-15-32-22-8-6-20(7-9-22)17-29-12-3-10-25(31,11-13-29)19-33-24-5-2-1-4-23(24)27/h1-2,4-9,16,18,31H,3,10-15,17,19H2/t25-/m0/s1. The highest BCUT2D eigenvalue weighted by Gasteiger charge is 2.31. The lowest BCUT2D eigenvalue weighted by molar-refractivity contribution is -0.0177. The van der Waals surface area contributed by atoms with E-state index in [1.807, 2.05) is 12.1 Å². The third kappa shape index (κ3) is 6.93. The van der Waals surface area contributed by atoms with Crippen LogP contribution in [0.2, 0.25) is 5.02 Å². The van der Waals surface area contributed by atoms with Crippen LogP contribution in [0.25, 0.3) is 0 Å². The van der Waals surface area contributed by atoms with Gasteiger partial charge in [-0.1, -0.05) is 35.9 Å². The molecule has 4 rings (SSSR count). The summed E-state index contributed by atoms with van der Waals surface area (Å²) in [7, 11) is 0. The lowest BCUT2D eigenvalue weighted by Crippen LogP contribution is -2.37. The van der Waals surface area contributed by atoms with Crippen LogP contribution >= 0.6 is 11.6 Å². The van der Waals surface area contributed by atoms with Crippen LogP contribution < -0.4 is 9.47 Å². The molecule has 0 unspecified atom stereocenters. The molecule has 1 atom stereocenters. The number of nitrogens with zero attached hydrogens (tertiary/aromatic N) is 3. The molecule has 1 aromatic heterocycles. The van der Waals surface area contributed by atoms with Gasteiger partial charge in [-0.25, -0.2) is 4.39 Å². The number of halogens is 2. The molecule has 0 bridgehead atoms. The number of rotatable bonds is 9. The summed E-state index contributed by atoms with van der Waals surface area (Å²) < 4.78 is 26.9. The zero-order valence-electron chi connectivity index (χ0n) is 18.5. The Balaban J connectivity index is 1.22. The zero-order valence-corrected chi connectivity index (χ0v) is 19.3. The van der Waals surface area contributed by atoms with Crippen molar-refractivity contribution in [3.8, 4) is 11.5 Å². The molecule has 0 spiro atoms. The lowest BCUT2D eigenvalue weighted by atomic mass is 9.96. The third-order valence-electron chi connectivity index (χ3n) is 5.86. The fourth-order valence-corrected chi connectivity index (χ4v) is 4.13. The summed E-state index contributed by atoms with van der Waals surface area (Å²) in [5, 5.41) is 15.7. The Morgan fingerprint density at radius 1 is 1.06 bits per heavy atom. The van der Waals surface area contributed by atoms with Crippen LogP contribution in [-0.4, -0.2) is 51.7 Å². The second kappa shape index (κ2) is 11.0. The minimum atomic E-state index is -0.951. The van der Waals surface area contributed by atoms with Crippen molar-refractivity contribution >= 4 is 11.6 Å². The molecule has 1 aliphatic heterocycles. The number of aliphatic hydroxyl groups is 1. The molecule has 0 aliphatic carbocycles.